The number of carbonyl (C=O) groups excluding carboxylic acids is 2. The van der Waals surface area contributed by atoms with Gasteiger partial charge in [-0.05, 0) is 12.1 Å². The summed E-state index contributed by atoms with van der Waals surface area (Å²) in [5.41, 5.74) is 7.94. The van der Waals surface area contributed by atoms with Gasteiger partial charge in [-0.1, -0.05) is 12.1 Å². The van der Waals surface area contributed by atoms with Crippen LogP contribution in [-0.4, -0.2) is 37.5 Å². The maximum absolute atomic E-state index is 11.3. The Hall–Kier alpha value is -2.08. The molecule has 1 rings (SSSR count). The van der Waals surface area contributed by atoms with Crippen LogP contribution < -0.4 is 15.9 Å². The van der Waals surface area contributed by atoms with Gasteiger partial charge >= 0.3 is 0 Å². The van der Waals surface area contributed by atoms with Crippen LogP contribution in [0.3, 0.4) is 0 Å². The first kappa shape index (κ1) is 13.0. The zero-order chi connectivity index (χ0) is 12.8. The number of primary amides is 1. The number of nitrogens with two attached hydrogens (primary N) is 1. The Labute approximate surface area is 99.3 Å². The minimum Gasteiger partial charge on any atom is -0.483 e. The van der Waals surface area contributed by atoms with Gasteiger partial charge in [-0.25, -0.2) is 5.01 Å². The molecule has 0 bridgehead atoms. The molecule has 6 nitrogen and oxygen atoms in total. The second-order valence-electron chi connectivity index (χ2n) is 3.58. The molecule has 0 atom stereocenters. The number of ether oxygens (including phenoxy) is 1. The third-order valence-electron chi connectivity index (χ3n) is 1.86. The third kappa shape index (κ3) is 4.12. The van der Waals surface area contributed by atoms with Crippen molar-refractivity contribution < 1.29 is 14.3 Å². The molecule has 0 radical (unpaired) electrons. The first-order chi connectivity index (χ1) is 8.00. The standard InChI is InChI=1S/C11H15N3O3/c1-14(2)13-10(15)7-17-9-6-4-3-5-8(9)11(12)16/h3-6H,7H2,1-2H3,(H2,12,16)(H,13,15). The highest BCUT2D eigenvalue weighted by Gasteiger charge is 2.10. The van der Waals surface area contributed by atoms with Gasteiger partial charge in [0.05, 0.1) is 5.56 Å². The summed E-state index contributed by atoms with van der Waals surface area (Å²) in [6, 6.07) is 6.50. The van der Waals surface area contributed by atoms with Gasteiger partial charge in [0, 0.05) is 14.1 Å². The van der Waals surface area contributed by atoms with E-state index in [1.165, 1.54) is 5.01 Å². The van der Waals surface area contributed by atoms with E-state index >= 15 is 0 Å². The molecule has 0 fully saturated rings. The SMILES string of the molecule is CN(C)NC(=O)COc1ccccc1C(N)=O. The molecule has 1 aromatic carbocycles. The van der Waals surface area contributed by atoms with Crippen molar-refractivity contribution in [2.45, 2.75) is 0 Å². The molecule has 0 saturated heterocycles. The summed E-state index contributed by atoms with van der Waals surface area (Å²) in [4.78, 5) is 22.4. The van der Waals surface area contributed by atoms with E-state index in [9.17, 15) is 9.59 Å². The summed E-state index contributed by atoms with van der Waals surface area (Å²) in [7, 11) is 3.38. The van der Waals surface area contributed by atoms with E-state index in [0.717, 1.165) is 0 Å². The van der Waals surface area contributed by atoms with Crippen molar-refractivity contribution in [3.63, 3.8) is 0 Å². The molecular weight excluding hydrogens is 222 g/mol. The number of benzene rings is 1. The fraction of sp³-hybridized carbons (Fsp3) is 0.273. The summed E-state index contributed by atoms with van der Waals surface area (Å²) in [5.74, 6) is -0.600. The average Bonchev–Trinajstić information content (AvgIpc) is 2.25. The Morgan fingerprint density at radius 3 is 2.59 bits per heavy atom. The molecule has 0 heterocycles. The molecule has 92 valence electrons. The molecule has 17 heavy (non-hydrogen) atoms. The molecule has 0 aliphatic heterocycles. The first-order valence-electron chi connectivity index (χ1n) is 4.99. The summed E-state index contributed by atoms with van der Waals surface area (Å²) in [6.45, 7) is -0.178. The molecule has 0 aliphatic rings. The molecule has 3 N–H and O–H groups in total. The monoisotopic (exact) mass is 237 g/mol. The van der Waals surface area contributed by atoms with Crippen LogP contribution in [-0.2, 0) is 4.79 Å². The Bertz CT molecular complexity index is 418. The quantitative estimate of drug-likeness (QED) is 0.692. The molecule has 0 aromatic heterocycles. The molecule has 6 heteroatoms. The highest BCUT2D eigenvalue weighted by molar-refractivity contribution is 5.95. The van der Waals surface area contributed by atoms with Gasteiger partial charge in [0.25, 0.3) is 11.8 Å². The maximum atomic E-state index is 11.3. The van der Waals surface area contributed by atoms with E-state index < -0.39 is 5.91 Å². The number of nitrogens with one attached hydrogen (secondary N) is 1. The van der Waals surface area contributed by atoms with Gasteiger partial charge in [0.1, 0.15) is 5.75 Å². The van der Waals surface area contributed by atoms with Crippen LogP contribution >= 0.6 is 0 Å². The predicted octanol–water partition coefficient (Wildman–Crippen LogP) is -0.243. The van der Waals surface area contributed by atoms with Gasteiger partial charge in [-0.2, -0.15) is 0 Å². The molecular formula is C11H15N3O3. The fourth-order valence-corrected chi connectivity index (χ4v) is 1.22. The Kier molecular flexibility index (Phi) is 4.47. The van der Waals surface area contributed by atoms with Crippen molar-refractivity contribution in [1.29, 1.82) is 0 Å². The van der Waals surface area contributed by atoms with E-state index in [2.05, 4.69) is 5.43 Å². The van der Waals surface area contributed by atoms with Crippen LogP contribution in [0.2, 0.25) is 0 Å². The highest BCUT2D eigenvalue weighted by Crippen LogP contribution is 2.16. The van der Waals surface area contributed by atoms with Crippen LogP contribution in [0.5, 0.6) is 5.75 Å². The number of hydrazine groups is 1. The third-order valence-corrected chi connectivity index (χ3v) is 1.86. The highest BCUT2D eigenvalue weighted by atomic mass is 16.5. The minimum absolute atomic E-state index is 0.178. The van der Waals surface area contributed by atoms with Crippen LogP contribution in [0.1, 0.15) is 10.4 Å². The summed E-state index contributed by atoms with van der Waals surface area (Å²) in [6.07, 6.45) is 0. The first-order valence-corrected chi connectivity index (χ1v) is 4.99. The topological polar surface area (TPSA) is 84.7 Å². The normalized spacial score (nSPS) is 10.1. The minimum atomic E-state index is -0.589. The number of para-hydroxylation sites is 1. The van der Waals surface area contributed by atoms with E-state index in [1.807, 2.05) is 0 Å². The van der Waals surface area contributed by atoms with Gasteiger partial charge in [-0.3, -0.25) is 15.0 Å². The lowest BCUT2D eigenvalue weighted by atomic mass is 10.2. The summed E-state index contributed by atoms with van der Waals surface area (Å²) < 4.78 is 5.22. The van der Waals surface area contributed by atoms with Gasteiger partial charge in [0.2, 0.25) is 0 Å². The second-order valence-corrected chi connectivity index (χ2v) is 3.58. The average molecular weight is 237 g/mol. The maximum Gasteiger partial charge on any atom is 0.272 e. The van der Waals surface area contributed by atoms with E-state index in [0.29, 0.717) is 5.75 Å². The van der Waals surface area contributed by atoms with Gasteiger partial charge in [-0.15, -0.1) is 0 Å². The van der Waals surface area contributed by atoms with Gasteiger partial charge in [0.15, 0.2) is 6.61 Å². The Morgan fingerprint density at radius 1 is 1.35 bits per heavy atom. The molecule has 0 aliphatic carbocycles. The Morgan fingerprint density at radius 2 is 2.00 bits per heavy atom. The van der Waals surface area contributed by atoms with Crippen molar-refractivity contribution in [3.05, 3.63) is 29.8 Å². The van der Waals surface area contributed by atoms with Gasteiger partial charge < -0.3 is 10.5 Å². The van der Waals surface area contributed by atoms with Crippen molar-refractivity contribution in [2.75, 3.05) is 20.7 Å². The van der Waals surface area contributed by atoms with Crippen LogP contribution in [0, 0.1) is 0 Å². The fourth-order valence-electron chi connectivity index (χ4n) is 1.22. The molecule has 0 spiro atoms. The number of carbonyl (C=O) groups is 2. The second kappa shape index (κ2) is 5.86. The van der Waals surface area contributed by atoms with Crippen LogP contribution in [0.25, 0.3) is 0 Å². The number of hydrogen-bond acceptors (Lipinski definition) is 4. The lowest BCUT2D eigenvalue weighted by Crippen LogP contribution is -2.39. The number of hydrogen-bond donors (Lipinski definition) is 2. The van der Waals surface area contributed by atoms with Crippen molar-refractivity contribution in [2.24, 2.45) is 5.73 Å². The Balaban J connectivity index is 2.63. The number of nitrogens with zero attached hydrogens (tertiary/aromatic N) is 1. The zero-order valence-electron chi connectivity index (χ0n) is 9.77. The van der Waals surface area contributed by atoms with Crippen molar-refractivity contribution >= 4 is 11.8 Å². The van der Waals surface area contributed by atoms with Crippen LogP contribution in [0.4, 0.5) is 0 Å². The predicted molar refractivity (Wildman–Crippen MR) is 62.3 cm³/mol. The van der Waals surface area contributed by atoms with Crippen LogP contribution in [0.15, 0.2) is 24.3 Å². The number of amides is 2. The lowest BCUT2D eigenvalue weighted by Gasteiger charge is -2.13. The molecule has 2 amide bonds. The lowest BCUT2D eigenvalue weighted by molar-refractivity contribution is -0.126. The van der Waals surface area contributed by atoms with E-state index in [4.69, 9.17) is 10.5 Å². The zero-order valence-corrected chi connectivity index (χ0v) is 9.77. The largest absolute Gasteiger partial charge is 0.483 e. The van der Waals surface area contributed by atoms with Crippen molar-refractivity contribution in [3.8, 4) is 5.75 Å². The van der Waals surface area contributed by atoms with E-state index in [1.54, 1.807) is 38.4 Å². The van der Waals surface area contributed by atoms with E-state index in [-0.39, 0.29) is 18.1 Å². The molecule has 0 unspecified atom stereocenters. The van der Waals surface area contributed by atoms with Crippen molar-refractivity contribution in [1.82, 2.24) is 10.4 Å². The number of rotatable bonds is 5. The molecule has 0 saturated carbocycles. The summed E-state index contributed by atoms with van der Waals surface area (Å²) in [5, 5.41) is 1.51. The smallest absolute Gasteiger partial charge is 0.272 e. The molecule has 1 aromatic rings. The summed E-state index contributed by atoms with van der Waals surface area (Å²) >= 11 is 0.